The standard InChI is InChI=1S/C14H16F3N3O5S/c1-6(2)11(21)7-4-8-10(5-9(7)14(15,16)17)18-13(23)20(12(8)22)19-26(3,24)25/h4-6,11,19,21H,1-3H3,(H,18,23). The highest BCUT2D eigenvalue weighted by molar-refractivity contribution is 7.91. The number of alkyl halides is 3. The summed E-state index contributed by atoms with van der Waals surface area (Å²) >= 11 is 0. The fourth-order valence-corrected chi connectivity index (χ4v) is 2.88. The van der Waals surface area contributed by atoms with E-state index in [0.717, 1.165) is 6.07 Å². The van der Waals surface area contributed by atoms with Gasteiger partial charge in [0.25, 0.3) is 5.56 Å². The Kier molecular flexibility index (Phi) is 4.94. The summed E-state index contributed by atoms with van der Waals surface area (Å²) in [5.74, 6) is -0.590. The molecular weight excluding hydrogens is 379 g/mol. The van der Waals surface area contributed by atoms with Crippen molar-refractivity contribution in [2.45, 2.75) is 26.1 Å². The lowest BCUT2D eigenvalue weighted by Crippen LogP contribution is -2.43. The van der Waals surface area contributed by atoms with E-state index in [1.54, 1.807) is 4.83 Å². The van der Waals surface area contributed by atoms with Crippen LogP contribution in [-0.4, -0.2) is 29.4 Å². The molecule has 1 unspecified atom stereocenters. The summed E-state index contributed by atoms with van der Waals surface area (Å²) in [6.07, 6.45) is -5.67. The number of sulfonamides is 1. The van der Waals surface area contributed by atoms with Gasteiger partial charge in [-0.15, -0.1) is 0 Å². The molecule has 0 bridgehead atoms. The zero-order chi connectivity index (χ0) is 20.0. The van der Waals surface area contributed by atoms with Crippen LogP contribution >= 0.6 is 0 Å². The molecule has 1 aromatic carbocycles. The van der Waals surface area contributed by atoms with Crippen LogP contribution in [0.3, 0.4) is 0 Å². The number of aromatic nitrogens is 2. The Morgan fingerprint density at radius 2 is 1.81 bits per heavy atom. The Bertz CT molecular complexity index is 1070. The number of halogens is 3. The van der Waals surface area contributed by atoms with E-state index in [9.17, 15) is 36.3 Å². The average Bonchev–Trinajstić information content (AvgIpc) is 2.47. The number of rotatable bonds is 4. The fourth-order valence-electron chi connectivity index (χ4n) is 2.38. The SMILES string of the molecule is CC(C)C(O)c1cc2c(=O)n(NS(C)(=O)=O)c(=O)[nH]c2cc1C(F)(F)F. The summed E-state index contributed by atoms with van der Waals surface area (Å²) in [6, 6.07) is 1.35. The Hall–Kier alpha value is -2.34. The van der Waals surface area contributed by atoms with E-state index in [-0.39, 0.29) is 10.1 Å². The van der Waals surface area contributed by atoms with Crippen LogP contribution in [0.2, 0.25) is 0 Å². The maximum atomic E-state index is 13.3. The molecule has 0 aliphatic heterocycles. The number of nitrogens with one attached hydrogen (secondary N) is 2. The van der Waals surface area contributed by atoms with Crippen LogP contribution in [0.4, 0.5) is 13.2 Å². The summed E-state index contributed by atoms with van der Waals surface area (Å²) < 4.78 is 62.7. The zero-order valence-corrected chi connectivity index (χ0v) is 14.7. The first-order valence-corrected chi connectivity index (χ1v) is 9.17. The predicted molar refractivity (Wildman–Crippen MR) is 87.8 cm³/mol. The Morgan fingerprint density at radius 1 is 1.23 bits per heavy atom. The van der Waals surface area contributed by atoms with Crippen molar-refractivity contribution in [3.05, 3.63) is 44.1 Å². The van der Waals surface area contributed by atoms with Crippen molar-refractivity contribution in [1.29, 1.82) is 0 Å². The third kappa shape index (κ3) is 3.90. The fraction of sp³-hybridized carbons (Fsp3) is 0.429. The van der Waals surface area contributed by atoms with Gasteiger partial charge in [-0.05, 0) is 23.6 Å². The molecule has 2 aromatic rings. The van der Waals surface area contributed by atoms with Crippen LogP contribution in [0.5, 0.6) is 0 Å². The molecule has 8 nitrogen and oxygen atoms in total. The Morgan fingerprint density at radius 3 is 2.27 bits per heavy atom. The topological polar surface area (TPSA) is 121 Å². The van der Waals surface area contributed by atoms with Gasteiger partial charge in [-0.25, -0.2) is 18.0 Å². The van der Waals surface area contributed by atoms with E-state index < -0.39 is 56.1 Å². The molecule has 1 heterocycles. The van der Waals surface area contributed by atoms with E-state index >= 15 is 0 Å². The van der Waals surface area contributed by atoms with Crippen molar-refractivity contribution >= 4 is 20.9 Å². The quantitative estimate of drug-likeness (QED) is 0.710. The van der Waals surface area contributed by atoms with E-state index in [1.807, 2.05) is 4.98 Å². The monoisotopic (exact) mass is 395 g/mol. The molecule has 26 heavy (non-hydrogen) atoms. The average molecular weight is 395 g/mol. The summed E-state index contributed by atoms with van der Waals surface area (Å²) in [6.45, 7) is 2.98. The number of aliphatic hydroxyl groups excluding tert-OH is 1. The van der Waals surface area contributed by atoms with Gasteiger partial charge in [-0.3, -0.25) is 4.79 Å². The number of fused-ring (bicyclic) bond motifs is 1. The Labute approximate surface area is 145 Å². The lowest BCUT2D eigenvalue weighted by atomic mass is 9.93. The van der Waals surface area contributed by atoms with Crippen LogP contribution < -0.4 is 16.1 Å². The van der Waals surface area contributed by atoms with Crippen molar-refractivity contribution in [2.24, 2.45) is 5.92 Å². The number of benzene rings is 1. The second-order valence-electron chi connectivity index (χ2n) is 6.11. The number of aliphatic hydroxyl groups is 1. The van der Waals surface area contributed by atoms with Gasteiger partial charge in [-0.2, -0.15) is 17.8 Å². The van der Waals surface area contributed by atoms with Crippen LogP contribution in [-0.2, 0) is 16.2 Å². The molecule has 0 spiro atoms. The van der Waals surface area contributed by atoms with E-state index in [1.165, 1.54) is 13.8 Å². The van der Waals surface area contributed by atoms with Gasteiger partial charge in [0.05, 0.1) is 28.8 Å². The number of H-pyrrole nitrogens is 1. The number of hydrogen-bond acceptors (Lipinski definition) is 5. The maximum absolute atomic E-state index is 13.3. The molecule has 0 fully saturated rings. The van der Waals surface area contributed by atoms with Crippen LogP contribution in [0.15, 0.2) is 21.7 Å². The van der Waals surface area contributed by atoms with Gasteiger partial charge in [0.15, 0.2) is 0 Å². The second-order valence-corrected chi connectivity index (χ2v) is 7.83. The van der Waals surface area contributed by atoms with E-state index in [2.05, 4.69) is 0 Å². The molecular formula is C14H16F3N3O5S. The maximum Gasteiger partial charge on any atom is 0.416 e. The molecule has 1 aromatic heterocycles. The minimum Gasteiger partial charge on any atom is -0.388 e. The predicted octanol–water partition coefficient (Wildman–Crippen LogP) is 0.901. The van der Waals surface area contributed by atoms with Crippen molar-refractivity contribution in [3.8, 4) is 0 Å². The molecule has 144 valence electrons. The minimum atomic E-state index is -4.84. The molecule has 0 aliphatic carbocycles. The molecule has 2 rings (SSSR count). The molecule has 12 heteroatoms. The van der Waals surface area contributed by atoms with Gasteiger partial charge < -0.3 is 10.1 Å². The lowest BCUT2D eigenvalue weighted by molar-refractivity contribution is -0.139. The molecule has 1 atom stereocenters. The highest BCUT2D eigenvalue weighted by Gasteiger charge is 2.36. The second kappa shape index (κ2) is 6.43. The lowest BCUT2D eigenvalue weighted by Gasteiger charge is -2.21. The normalized spacial score (nSPS) is 14.0. The van der Waals surface area contributed by atoms with Crippen LogP contribution in [0.25, 0.3) is 10.9 Å². The molecule has 3 N–H and O–H groups in total. The minimum absolute atomic E-state index is 0.135. The van der Waals surface area contributed by atoms with Gasteiger partial charge >= 0.3 is 11.9 Å². The number of nitrogens with zero attached hydrogens (tertiary/aromatic N) is 1. The highest BCUT2D eigenvalue weighted by atomic mass is 32.2. The van der Waals surface area contributed by atoms with Crippen LogP contribution in [0.1, 0.15) is 31.1 Å². The number of hydrogen-bond donors (Lipinski definition) is 3. The largest absolute Gasteiger partial charge is 0.416 e. The molecule has 0 amide bonds. The van der Waals surface area contributed by atoms with E-state index in [4.69, 9.17) is 0 Å². The van der Waals surface area contributed by atoms with Gasteiger partial charge in [0.2, 0.25) is 10.0 Å². The first kappa shape index (κ1) is 20.0. The van der Waals surface area contributed by atoms with Crippen molar-refractivity contribution in [2.75, 3.05) is 11.1 Å². The zero-order valence-electron chi connectivity index (χ0n) is 13.9. The summed E-state index contributed by atoms with van der Waals surface area (Å²) in [5.41, 5.74) is -4.60. The highest BCUT2D eigenvalue weighted by Crippen LogP contribution is 2.38. The summed E-state index contributed by atoms with van der Waals surface area (Å²) in [7, 11) is -4.00. The van der Waals surface area contributed by atoms with Gasteiger partial charge in [0, 0.05) is 0 Å². The molecule has 0 radical (unpaired) electrons. The summed E-state index contributed by atoms with van der Waals surface area (Å²) in [4.78, 5) is 28.0. The first-order chi connectivity index (χ1) is 11.7. The van der Waals surface area contributed by atoms with Crippen molar-refractivity contribution < 1.29 is 26.7 Å². The van der Waals surface area contributed by atoms with Crippen LogP contribution in [0, 0.1) is 5.92 Å². The van der Waals surface area contributed by atoms with Gasteiger partial charge in [0.1, 0.15) is 0 Å². The number of aromatic amines is 1. The van der Waals surface area contributed by atoms with Crippen molar-refractivity contribution in [3.63, 3.8) is 0 Å². The van der Waals surface area contributed by atoms with Crippen molar-refractivity contribution in [1.82, 2.24) is 9.66 Å². The molecule has 0 saturated heterocycles. The van der Waals surface area contributed by atoms with E-state index in [0.29, 0.717) is 12.3 Å². The van der Waals surface area contributed by atoms with Gasteiger partial charge in [-0.1, -0.05) is 13.8 Å². The summed E-state index contributed by atoms with van der Waals surface area (Å²) in [5, 5.41) is 9.72. The smallest absolute Gasteiger partial charge is 0.388 e. The Balaban J connectivity index is 2.91. The third-order valence-electron chi connectivity index (χ3n) is 3.58. The molecule has 0 aliphatic rings. The first-order valence-electron chi connectivity index (χ1n) is 7.28. The molecule has 0 saturated carbocycles. The third-order valence-corrected chi connectivity index (χ3v) is 4.09.